The molecule has 0 spiro atoms. The van der Waals surface area contributed by atoms with E-state index in [9.17, 15) is 14.9 Å². The molecule has 0 N–H and O–H groups in total. The molecule has 0 aliphatic heterocycles. The van der Waals surface area contributed by atoms with E-state index in [-0.39, 0.29) is 17.1 Å². The van der Waals surface area contributed by atoms with Gasteiger partial charge in [0.05, 0.1) is 33.6 Å². The molecule has 38 heavy (non-hydrogen) atoms. The number of methoxy groups -OCH3 is 1. The number of benzene rings is 2. The van der Waals surface area contributed by atoms with Crippen LogP contribution in [0.1, 0.15) is 31.2 Å². The Kier molecular flexibility index (Phi) is 8.90. The minimum absolute atomic E-state index is 0.142. The lowest BCUT2D eigenvalue weighted by atomic mass is 10.2. The van der Waals surface area contributed by atoms with Crippen molar-refractivity contribution < 1.29 is 14.4 Å². The lowest BCUT2D eigenvalue weighted by molar-refractivity contribution is -0.385. The smallest absolute Gasteiger partial charge is 0.287 e. The quantitative estimate of drug-likeness (QED) is 0.104. The molecular formula is C25H20Br3N5O5. The maximum absolute atomic E-state index is 13.4. The van der Waals surface area contributed by atoms with E-state index in [0.717, 1.165) is 23.5 Å². The number of pyridine rings is 1. The van der Waals surface area contributed by atoms with Crippen molar-refractivity contribution in [1.29, 1.82) is 0 Å². The number of hydrogen-bond acceptors (Lipinski definition) is 8. The van der Waals surface area contributed by atoms with Gasteiger partial charge in [-0.25, -0.2) is 9.97 Å². The maximum atomic E-state index is 13.4. The van der Waals surface area contributed by atoms with Gasteiger partial charge in [0.1, 0.15) is 12.0 Å². The first-order chi connectivity index (χ1) is 18.2. The van der Waals surface area contributed by atoms with Crippen molar-refractivity contribution in [1.82, 2.24) is 14.6 Å². The largest absolute Gasteiger partial charge is 0.493 e. The first-order valence-corrected chi connectivity index (χ1v) is 13.7. The van der Waals surface area contributed by atoms with Crippen LogP contribution in [0.15, 0.2) is 65.9 Å². The summed E-state index contributed by atoms with van der Waals surface area (Å²) in [5.41, 5.74) is 0.785. The Hall–Kier alpha value is -3.16. The molecule has 0 radical (unpaired) electrons. The van der Waals surface area contributed by atoms with E-state index in [2.05, 4.69) is 64.8 Å². The molecule has 0 fully saturated rings. The summed E-state index contributed by atoms with van der Waals surface area (Å²) < 4.78 is 14.6. The minimum Gasteiger partial charge on any atom is -0.493 e. The van der Waals surface area contributed by atoms with Gasteiger partial charge in [0, 0.05) is 33.1 Å². The van der Waals surface area contributed by atoms with Crippen LogP contribution < -0.4 is 15.0 Å². The highest BCUT2D eigenvalue weighted by Crippen LogP contribution is 2.44. The summed E-state index contributed by atoms with van der Waals surface area (Å²) in [6.07, 6.45) is 5.04. The second-order valence-electron chi connectivity index (χ2n) is 7.99. The summed E-state index contributed by atoms with van der Waals surface area (Å²) in [5.74, 6) is 1.36. The fourth-order valence-electron chi connectivity index (χ4n) is 3.52. The summed E-state index contributed by atoms with van der Waals surface area (Å²) in [4.78, 5) is 32.4. The van der Waals surface area contributed by atoms with Crippen LogP contribution in [0, 0.1) is 10.1 Å². The van der Waals surface area contributed by atoms with Crippen LogP contribution in [-0.4, -0.2) is 32.9 Å². The van der Waals surface area contributed by atoms with Gasteiger partial charge in [-0.15, -0.1) is 0 Å². The van der Waals surface area contributed by atoms with Gasteiger partial charge in [0.25, 0.3) is 11.2 Å². The van der Waals surface area contributed by atoms with Gasteiger partial charge in [-0.3, -0.25) is 14.9 Å². The molecule has 0 aliphatic carbocycles. The fraction of sp³-hybridized carbons (Fsp3) is 0.200. The van der Waals surface area contributed by atoms with Crippen molar-refractivity contribution >= 4 is 70.6 Å². The van der Waals surface area contributed by atoms with Crippen molar-refractivity contribution in [3.63, 3.8) is 0 Å². The first-order valence-electron chi connectivity index (χ1n) is 11.3. The van der Waals surface area contributed by atoms with Crippen LogP contribution >= 0.6 is 47.8 Å². The number of nitrogens with zero attached hydrogens (tertiary/aromatic N) is 5. The molecule has 4 aromatic rings. The van der Waals surface area contributed by atoms with Crippen LogP contribution in [0.3, 0.4) is 0 Å². The molecule has 13 heteroatoms. The highest BCUT2D eigenvalue weighted by atomic mass is 79.9. The normalized spacial score (nSPS) is 11.3. The molecule has 4 rings (SSSR count). The van der Waals surface area contributed by atoms with Gasteiger partial charge >= 0.3 is 0 Å². The van der Waals surface area contributed by atoms with E-state index in [4.69, 9.17) is 14.5 Å². The third-order valence-corrected chi connectivity index (χ3v) is 8.09. The zero-order valence-corrected chi connectivity index (χ0v) is 24.9. The van der Waals surface area contributed by atoms with E-state index in [0.29, 0.717) is 49.2 Å². The minimum atomic E-state index is -0.541. The van der Waals surface area contributed by atoms with Gasteiger partial charge in [-0.1, -0.05) is 29.3 Å². The summed E-state index contributed by atoms with van der Waals surface area (Å²) in [6, 6.07) is 9.75. The lowest BCUT2D eigenvalue weighted by Gasteiger charge is -2.14. The van der Waals surface area contributed by atoms with Crippen LogP contribution in [0.4, 0.5) is 5.69 Å². The summed E-state index contributed by atoms with van der Waals surface area (Å²) >= 11 is 10.5. The number of fused-ring (bicyclic) bond motifs is 1. The van der Waals surface area contributed by atoms with Crippen molar-refractivity contribution in [2.75, 3.05) is 7.11 Å². The van der Waals surface area contributed by atoms with E-state index in [1.807, 2.05) is 6.07 Å². The van der Waals surface area contributed by atoms with Gasteiger partial charge < -0.3 is 9.47 Å². The predicted octanol–water partition coefficient (Wildman–Crippen LogP) is 7.01. The third kappa shape index (κ3) is 5.94. The van der Waals surface area contributed by atoms with Crippen molar-refractivity contribution in [3.05, 3.63) is 87.9 Å². The van der Waals surface area contributed by atoms with Crippen LogP contribution in [0.25, 0.3) is 10.9 Å². The Morgan fingerprint density at radius 1 is 1.16 bits per heavy atom. The Balaban J connectivity index is 1.75. The van der Waals surface area contributed by atoms with Gasteiger partial charge in [-0.05, 0) is 62.5 Å². The standard InChI is InChI=1S/C25H20Br3N5O5/c1-3-4-5-20-31-18-8-6-15(26)11-17(18)25(34)32(20)30-12-14-10-19(37-2)24(23(28)22(14)27)38-21-9-7-16(13-29-21)33(35)36/h6-13H,3-5H2,1-2H3. The van der Waals surface area contributed by atoms with Crippen molar-refractivity contribution in [2.24, 2.45) is 5.10 Å². The molecule has 0 saturated heterocycles. The number of rotatable bonds is 9. The molecule has 0 unspecified atom stereocenters. The van der Waals surface area contributed by atoms with Crippen LogP contribution in [0.5, 0.6) is 17.4 Å². The molecule has 0 saturated carbocycles. The van der Waals surface area contributed by atoms with Crippen LogP contribution in [-0.2, 0) is 6.42 Å². The molecule has 196 valence electrons. The maximum Gasteiger partial charge on any atom is 0.287 e. The molecule has 10 nitrogen and oxygen atoms in total. The first kappa shape index (κ1) is 27.9. The topological polar surface area (TPSA) is 122 Å². The molecule has 2 aromatic heterocycles. The number of aryl methyl sites for hydroxylation is 1. The number of unbranched alkanes of at least 4 members (excludes halogenated alkanes) is 1. The number of nitro groups is 1. The third-order valence-electron chi connectivity index (χ3n) is 5.46. The average molecular weight is 710 g/mol. The fourth-order valence-corrected chi connectivity index (χ4v) is 4.78. The second kappa shape index (κ2) is 12.1. The molecule has 0 aliphatic rings. The Labute approximate surface area is 242 Å². The highest BCUT2D eigenvalue weighted by molar-refractivity contribution is 9.13. The molecule has 2 heterocycles. The Bertz CT molecular complexity index is 1610. The van der Waals surface area contributed by atoms with Gasteiger partial charge in [-0.2, -0.15) is 9.78 Å². The van der Waals surface area contributed by atoms with E-state index < -0.39 is 4.92 Å². The molecule has 0 atom stereocenters. The molecule has 2 aromatic carbocycles. The highest BCUT2D eigenvalue weighted by Gasteiger charge is 2.19. The van der Waals surface area contributed by atoms with E-state index in [1.165, 1.54) is 30.1 Å². The monoisotopic (exact) mass is 707 g/mol. The van der Waals surface area contributed by atoms with Crippen LogP contribution in [0.2, 0.25) is 0 Å². The van der Waals surface area contributed by atoms with Gasteiger partial charge in [0.2, 0.25) is 5.88 Å². The lowest BCUT2D eigenvalue weighted by Crippen LogP contribution is -2.22. The summed E-state index contributed by atoms with van der Waals surface area (Å²) in [6.45, 7) is 2.07. The summed E-state index contributed by atoms with van der Waals surface area (Å²) in [7, 11) is 1.48. The van der Waals surface area contributed by atoms with Crippen molar-refractivity contribution in [2.45, 2.75) is 26.2 Å². The zero-order valence-electron chi connectivity index (χ0n) is 20.2. The number of halogens is 3. The average Bonchev–Trinajstić information content (AvgIpc) is 2.91. The second-order valence-corrected chi connectivity index (χ2v) is 10.5. The number of aromatic nitrogens is 3. The molecule has 0 amide bonds. The summed E-state index contributed by atoms with van der Waals surface area (Å²) in [5, 5.41) is 15.9. The SMILES string of the molecule is CCCCc1nc2ccc(Br)cc2c(=O)n1N=Cc1cc(OC)c(Oc2ccc([N+](=O)[O-])cn2)c(Br)c1Br. The zero-order chi connectivity index (χ0) is 27.4. The van der Waals surface area contributed by atoms with Crippen molar-refractivity contribution in [3.8, 4) is 17.4 Å². The predicted molar refractivity (Wildman–Crippen MR) is 155 cm³/mol. The number of ether oxygens (including phenoxy) is 2. The Morgan fingerprint density at radius 3 is 2.61 bits per heavy atom. The van der Waals surface area contributed by atoms with E-state index in [1.54, 1.807) is 18.2 Å². The molecular weight excluding hydrogens is 690 g/mol. The Morgan fingerprint density at radius 2 is 1.95 bits per heavy atom. The van der Waals surface area contributed by atoms with Gasteiger partial charge in [0.15, 0.2) is 11.5 Å². The molecule has 0 bridgehead atoms. The number of hydrogen-bond donors (Lipinski definition) is 0. The van der Waals surface area contributed by atoms with E-state index >= 15 is 0 Å².